The molecular formula is C20H22N2O6S. The van der Waals surface area contributed by atoms with Gasteiger partial charge in [-0.1, -0.05) is 0 Å². The molecule has 2 heterocycles. The monoisotopic (exact) mass is 418 g/mol. The molecule has 1 aliphatic heterocycles. The second-order valence-corrected chi connectivity index (χ2v) is 7.36. The van der Waals surface area contributed by atoms with Crippen molar-refractivity contribution in [1.29, 1.82) is 0 Å². The Bertz CT molecular complexity index is 922. The number of nitrogens with one attached hydrogen (secondary N) is 1. The SMILES string of the molecule is CCOc1ccc(C(=O)Nc2sc3c(c2C(=O)OC)CCN(C(=O)OC)C3)cc1. The van der Waals surface area contributed by atoms with E-state index in [2.05, 4.69) is 5.32 Å². The molecule has 0 saturated heterocycles. The van der Waals surface area contributed by atoms with Crippen LogP contribution in [0.4, 0.5) is 9.80 Å². The van der Waals surface area contributed by atoms with Crippen LogP contribution in [-0.2, 0) is 22.4 Å². The molecule has 0 aliphatic carbocycles. The number of methoxy groups -OCH3 is 2. The average Bonchev–Trinajstić information content (AvgIpc) is 3.10. The van der Waals surface area contributed by atoms with E-state index in [1.807, 2.05) is 6.92 Å². The fraction of sp³-hybridized carbons (Fsp3) is 0.350. The van der Waals surface area contributed by atoms with E-state index in [1.165, 1.54) is 25.6 Å². The number of thiophene rings is 1. The molecule has 0 unspecified atom stereocenters. The summed E-state index contributed by atoms with van der Waals surface area (Å²) in [5.74, 6) is -0.188. The fourth-order valence-electron chi connectivity index (χ4n) is 3.14. The van der Waals surface area contributed by atoms with Crippen LogP contribution in [0, 0.1) is 0 Å². The highest BCUT2D eigenvalue weighted by Gasteiger charge is 2.31. The molecule has 0 saturated carbocycles. The van der Waals surface area contributed by atoms with Gasteiger partial charge in [0.05, 0.1) is 32.9 Å². The number of amides is 2. The first-order valence-electron chi connectivity index (χ1n) is 9.08. The topological polar surface area (TPSA) is 94.2 Å². The zero-order valence-electron chi connectivity index (χ0n) is 16.4. The Hall–Kier alpha value is -3.07. The van der Waals surface area contributed by atoms with Gasteiger partial charge in [-0.15, -0.1) is 11.3 Å². The van der Waals surface area contributed by atoms with Gasteiger partial charge in [0.1, 0.15) is 10.8 Å². The second kappa shape index (κ2) is 8.95. The lowest BCUT2D eigenvalue weighted by atomic mass is 10.0. The maximum absolute atomic E-state index is 12.7. The van der Waals surface area contributed by atoms with Crippen LogP contribution in [-0.4, -0.2) is 50.2 Å². The van der Waals surface area contributed by atoms with E-state index in [1.54, 1.807) is 29.2 Å². The number of rotatable bonds is 5. The van der Waals surface area contributed by atoms with Crippen molar-refractivity contribution in [3.63, 3.8) is 0 Å². The minimum Gasteiger partial charge on any atom is -0.494 e. The van der Waals surface area contributed by atoms with Gasteiger partial charge in [-0.2, -0.15) is 0 Å². The first-order valence-corrected chi connectivity index (χ1v) is 9.90. The highest BCUT2D eigenvalue weighted by Crippen LogP contribution is 2.38. The number of anilines is 1. The Balaban J connectivity index is 1.86. The molecule has 1 aromatic carbocycles. The van der Waals surface area contributed by atoms with Crippen molar-refractivity contribution in [2.45, 2.75) is 19.9 Å². The number of hydrogen-bond donors (Lipinski definition) is 1. The van der Waals surface area contributed by atoms with Gasteiger partial charge in [-0.05, 0) is 43.2 Å². The summed E-state index contributed by atoms with van der Waals surface area (Å²) in [6.45, 7) is 3.16. The molecule has 8 nitrogen and oxygen atoms in total. The third kappa shape index (κ3) is 4.34. The third-order valence-electron chi connectivity index (χ3n) is 4.53. The molecule has 0 atom stereocenters. The summed E-state index contributed by atoms with van der Waals surface area (Å²) in [7, 11) is 2.63. The van der Waals surface area contributed by atoms with Gasteiger partial charge in [0.2, 0.25) is 0 Å². The van der Waals surface area contributed by atoms with Gasteiger partial charge in [0.15, 0.2) is 0 Å². The van der Waals surface area contributed by atoms with E-state index in [-0.39, 0.29) is 5.91 Å². The van der Waals surface area contributed by atoms with Crippen molar-refractivity contribution in [2.75, 3.05) is 32.7 Å². The van der Waals surface area contributed by atoms with Crippen LogP contribution in [0.3, 0.4) is 0 Å². The van der Waals surface area contributed by atoms with Crippen LogP contribution >= 0.6 is 11.3 Å². The van der Waals surface area contributed by atoms with Crippen LogP contribution in [0.5, 0.6) is 5.75 Å². The lowest BCUT2D eigenvalue weighted by Crippen LogP contribution is -2.35. The molecule has 0 bridgehead atoms. The molecule has 2 amide bonds. The molecule has 1 aliphatic rings. The van der Waals surface area contributed by atoms with Gasteiger partial charge in [0.25, 0.3) is 5.91 Å². The fourth-order valence-corrected chi connectivity index (χ4v) is 4.39. The molecule has 0 spiro atoms. The minimum absolute atomic E-state index is 0.315. The Labute approximate surface area is 172 Å². The number of fused-ring (bicyclic) bond motifs is 1. The van der Waals surface area contributed by atoms with Crippen LogP contribution in [0.1, 0.15) is 38.1 Å². The van der Waals surface area contributed by atoms with Crippen molar-refractivity contribution >= 4 is 34.3 Å². The Kier molecular flexibility index (Phi) is 6.38. The van der Waals surface area contributed by atoms with Crippen molar-refractivity contribution < 1.29 is 28.6 Å². The average molecular weight is 418 g/mol. The molecule has 1 N–H and O–H groups in total. The quantitative estimate of drug-likeness (QED) is 0.749. The van der Waals surface area contributed by atoms with Crippen molar-refractivity contribution in [3.8, 4) is 5.75 Å². The number of hydrogen-bond acceptors (Lipinski definition) is 7. The van der Waals surface area contributed by atoms with E-state index in [0.29, 0.717) is 48.0 Å². The Morgan fingerprint density at radius 2 is 1.86 bits per heavy atom. The number of nitrogens with zero attached hydrogens (tertiary/aromatic N) is 1. The van der Waals surface area contributed by atoms with E-state index < -0.39 is 12.1 Å². The molecule has 3 rings (SSSR count). The standard InChI is InChI=1S/C20H22N2O6S/c1-4-28-13-7-5-12(6-8-13)17(23)21-18-16(19(24)26-2)14-9-10-22(20(25)27-3)11-15(14)29-18/h5-8H,4,9-11H2,1-3H3,(H,21,23). The number of benzene rings is 1. The molecule has 0 radical (unpaired) electrons. The molecule has 9 heteroatoms. The number of esters is 1. The summed E-state index contributed by atoms with van der Waals surface area (Å²) in [4.78, 5) is 39.3. The minimum atomic E-state index is -0.518. The van der Waals surface area contributed by atoms with Gasteiger partial charge in [-0.3, -0.25) is 4.79 Å². The first kappa shape index (κ1) is 20.7. The third-order valence-corrected chi connectivity index (χ3v) is 5.67. The van der Waals surface area contributed by atoms with E-state index in [9.17, 15) is 14.4 Å². The van der Waals surface area contributed by atoms with Crippen molar-refractivity contribution in [1.82, 2.24) is 4.90 Å². The molecule has 29 heavy (non-hydrogen) atoms. The van der Waals surface area contributed by atoms with Gasteiger partial charge >= 0.3 is 12.1 Å². The zero-order valence-corrected chi connectivity index (χ0v) is 17.3. The molecule has 1 aromatic heterocycles. The number of ether oxygens (including phenoxy) is 3. The summed E-state index contributed by atoms with van der Waals surface area (Å²) >= 11 is 1.26. The summed E-state index contributed by atoms with van der Waals surface area (Å²) in [5.41, 5.74) is 1.58. The predicted octanol–water partition coefficient (Wildman–Crippen LogP) is 3.31. The normalized spacial score (nSPS) is 12.7. The van der Waals surface area contributed by atoms with Gasteiger partial charge in [-0.25, -0.2) is 9.59 Å². The van der Waals surface area contributed by atoms with Crippen LogP contribution in [0.15, 0.2) is 24.3 Å². The van der Waals surface area contributed by atoms with E-state index >= 15 is 0 Å². The lowest BCUT2D eigenvalue weighted by molar-refractivity contribution is 0.0600. The Morgan fingerprint density at radius 3 is 2.48 bits per heavy atom. The maximum Gasteiger partial charge on any atom is 0.409 e. The van der Waals surface area contributed by atoms with E-state index in [0.717, 1.165) is 10.4 Å². The lowest BCUT2D eigenvalue weighted by Gasteiger charge is -2.25. The number of carbonyl (C=O) groups is 3. The molecule has 154 valence electrons. The van der Waals surface area contributed by atoms with Crippen molar-refractivity contribution in [2.24, 2.45) is 0 Å². The Morgan fingerprint density at radius 1 is 1.14 bits per heavy atom. The largest absolute Gasteiger partial charge is 0.494 e. The van der Waals surface area contributed by atoms with Crippen LogP contribution in [0.2, 0.25) is 0 Å². The summed E-state index contributed by atoms with van der Waals surface area (Å²) in [6, 6.07) is 6.75. The predicted molar refractivity (Wildman–Crippen MR) is 108 cm³/mol. The molecule has 2 aromatic rings. The summed E-state index contributed by atoms with van der Waals surface area (Å²) in [6.07, 6.45) is 0.0493. The van der Waals surface area contributed by atoms with E-state index in [4.69, 9.17) is 14.2 Å². The maximum atomic E-state index is 12.7. The zero-order chi connectivity index (χ0) is 21.0. The first-order chi connectivity index (χ1) is 14.0. The summed E-state index contributed by atoms with van der Waals surface area (Å²) in [5, 5.41) is 3.22. The summed E-state index contributed by atoms with van der Waals surface area (Å²) < 4.78 is 15.1. The highest BCUT2D eigenvalue weighted by molar-refractivity contribution is 7.17. The van der Waals surface area contributed by atoms with Crippen LogP contribution < -0.4 is 10.1 Å². The van der Waals surface area contributed by atoms with Gasteiger partial charge in [0, 0.05) is 17.0 Å². The van der Waals surface area contributed by atoms with Gasteiger partial charge < -0.3 is 24.4 Å². The number of carbonyl (C=O) groups excluding carboxylic acids is 3. The molecule has 0 fully saturated rings. The second-order valence-electron chi connectivity index (χ2n) is 6.25. The van der Waals surface area contributed by atoms with Crippen LogP contribution in [0.25, 0.3) is 0 Å². The smallest absolute Gasteiger partial charge is 0.409 e. The highest BCUT2D eigenvalue weighted by atomic mass is 32.1. The van der Waals surface area contributed by atoms with Crippen molar-refractivity contribution in [3.05, 3.63) is 45.8 Å². The molecular weight excluding hydrogens is 396 g/mol.